The number of hydrogen-bond acceptors (Lipinski definition) is 2. The molecule has 0 aromatic heterocycles. The summed E-state index contributed by atoms with van der Waals surface area (Å²) in [7, 11) is 0. The molecule has 3 aliphatic rings. The maximum absolute atomic E-state index is 12.1. The molecule has 20 heavy (non-hydrogen) atoms. The molecule has 114 valence electrons. The van der Waals surface area contributed by atoms with E-state index < -0.39 is 0 Å². The molecule has 3 saturated heterocycles. The summed E-state index contributed by atoms with van der Waals surface area (Å²) in [5, 5.41) is 2.17. The summed E-state index contributed by atoms with van der Waals surface area (Å²) in [5.41, 5.74) is 0. The fraction of sp³-hybridized carbons (Fsp3) is 0.938. The first-order valence-corrected chi connectivity index (χ1v) is 8.69. The molecular formula is C16H30N2O2+2. The minimum Gasteiger partial charge on any atom is -0.461 e. The summed E-state index contributed by atoms with van der Waals surface area (Å²) in [6.45, 7) is 4.44. The molecule has 0 spiro atoms. The zero-order chi connectivity index (χ0) is 13.8. The Labute approximate surface area is 122 Å². The summed E-state index contributed by atoms with van der Waals surface area (Å²) in [5.74, 6) is 0.666. The van der Waals surface area contributed by atoms with Crippen LogP contribution in [0, 0.1) is 5.92 Å². The second-order valence-electron chi connectivity index (χ2n) is 6.92. The van der Waals surface area contributed by atoms with Crippen molar-refractivity contribution in [3.63, 3.8) is 0 Å². The third-order valence-corrected chi connectivity index (χ3v) is 5.59. The van der Waals surface area contributed by atoms with E-state index in [1.54, 1.807) is 4.90 Å². The van der Waals surface area contributed by atoms with Gasteiger partial charge in [0.05, 0.1) is 25.7 Å². The van der Waals surface area contributed by atoms with E-state index in [4.69, 9.17) is 4.74 Å². The summed E-state index contributed by atoms with van der Waals surface area (Å²) < 4.78 is 5.69. The van der Waals surface area contributed by atoms with Gasteiger partial charge in [-0.1, -0.05) is 0 Å². The van der Waals surface area contributed by atoms with E-state index in [1.807, 2.05) is 0 Å². The van der Waals surface area contributed by atoms with Crippen LogP contribution < -0.4 is 10.2 Å². The van der Waals surface area contributed by atoms with Crippen LogP contribution in [-0.4, -0.2) is 44.3 Å². The normalized spacial score (nSPS) is 38.0. The first-order chi connectivity index (χ1) is 9.84. The van der Waals surface area contributed by atoms with Gasteiger partial charge in [0.1, 0.15) is 6.61 Å². The number of hydrogen-bond donors (Lipinski definition) is 2. The average molecular weight is 282 g/mol. The van der Waals surface area contributed by atoms with Crippen molar-refractivity contribution >= 4 is 5.97 Å². The number of rotatable bonds is 3. The van der Waals surface area contributed by atoms with E-state index in [-0.39, 0.29) is 12.0 Å². The van der Waals surface area contributed by atoms with E-state index in [9.17, 15) is 4.79 Å². The first-order valence-electron chi connectivity index (χ1n) is 8.69. The minimum atomic E-state index is 0.0487. The SMILES string of the molecule is O=C(OC[C@@H]1CCC[NH+]2CCCC[C@H]12)[C@@H]1CCCC[NH2+]1. The Morgan fingerprint density at radius 1 is 1.05 bits per heavy atom. The van der Waals surface area contributed by atoms with E-state index in [0.717, 1.165) is 19.0 Å². The van der Waals surface area contributed by atoms with Crippen molar-refractivity contribution < 1.29 is 19.7 Å². The van der Waals surface area contributed by atoms with Crippen molar-refractivity contribution in [2.45, 2.75) is 63.5 Å². The Morgan fingerprint density at radius 3 is 2.75 bits per heavy atom. The molecule has 4 atom stereocenters. The molecule has 3 rings (SSSR count). The third-order valence-electron chi connectivity index (χ3n) is 5.59. The molecule has 0 radical (unpaired) electrons. The van der Waals surface area contributed by atoms with Crippen LogP contribution in [0.25, 0.3) is 0 Å². The fourth-order valence-corrected chi connectivity index (χ4v) is 4.43. The van der Waals surface area contributed by atoms with Gasteiger partial charge < -0.3 is 15.0 Å². The van der Waals surface area contributed by atoms with Gasteiger partial charge in [0, 0.05) is 12.3 Å². The standard InChI is InChI=1S/C16H28N2O2/c19-16(14-7-1-3-9-17-14)20-12-13-6-5-11-18-10-4-2-8-15(13)18/h13-15,17H,1-12H2/p+2/t13-,14-,15+/m0/s1. The number of nitrogens with two attached hydrogens (primary N) is 1. The van der Waals surface area contributed by atoms with Crippen LogP contribution in [0.5, 0.6) is 0 Å². The molecule has 3 fully saturated rings. The molecule has 0 amide bonds. The zero-order valence-electron chi connectivity index (χ0n) is 12.6. The number of ether oxygens (including phenoxy) is 1. The lowest BCUT2D eigenvalue weighted by molar-refractivity contribution is -0.940. The van der Waals surface area contributed by atoms with Crippen molar-refractivity contribution in [1.82, 2.24) is 0 Å². The molecule has 4 nitrogen and oxygen atoms in total. The van der Waals surface area contributed by atoms with E-state index >= 15 is 0 Å². The van der Waals surface area contributed by atoms with Gasteiger partial charge in [-0.05, 0) is 44.9 Å². The van der Waals surface area contributed by atoms with Gasteiger partial charge in [-0.25, -0.2) is 4.79 Å². The summed E-state index contributed by atoms with van der Waals surface area (Å²) in [4.78, 5) is 13.9. The van der Waals surface area contributed by atoms with Crippen LogP contribution >= 0.6 is 0 Å². The number of nitrogens with one attached hydrogen (secondary N) is 1. The zero-order valence-corrected chi connectivity index (χ0v) is 12.6. The van der Waals surface area contributed by atoms with Crippen molar-refractivity contribution in [2.75, 3.05) is 26.2 Å². The van der Waals surface area contributed by atoms with Gasteiger partial charge in [-0.3, -0.25) is 0 Å². The van der Waals surface area contributed by atoms with Crippen molar-refractivity contribution in [1.29, 1.82) is 0 Å². The molecule has 0 aromatic carbocycles. The lowest BCUT2D eigenvalue weighted by Gasteiger charge is -2.41. The number of carbonyl (C=O) groups excluding carboxylic acids is 1. The van der Waals surface area contributed by atoms with Crippen molar-refractivity contribution in [3.05, 3.63) is 0 Å². The molecule has 3 heterocycles. The number of piperidine rings is 3. The second kappa shape index (κ2) is 6.90. The second-order valence-corrected chi connectivity index (χ2v) is 6.92. The number of quaternary nitrogens is 2. The molecule has 0 aliphatic carbocycles. The molecular weight excluding hydrogens is 252 g/mol. The summed E-state index contributed by atoms with van der Waals surface area (Å²) >= 11 is 0. The molecule has 4 heteroatoms. The van der Waals surface area contributed by atoms with Gasteiger partial charge in [-0.15, -0.1) is 0 Å². The van der Waals surface area contributed by atoms with Crippen LogP contribution in [0.1, 0.15) is 51.4 Å². The lowest BCUT2D eigenvalue weighted by atomic mass is 9.84. The highest BCUT2D eigenvalue weighted by Gasteiger charge is 2.37. The van der Waals surface area contributed by atoms with E-state index in [2.05, 4.69) is 5.32 Å². The third kappa shape index (κ3) is 3.34. The van der Waals surface area contributed by atoms with Gasteiger partial charge in [0.25, 0.3) is 0 Å². The van der Waals surface area contributed by atoms with Crippen LogP contribution in [-0.2, 0) is 9.53 Å². The van der Waals surface area contributed by atoms with Crippen LogP contribution in [0.15, 0.2) is 0 Å². The monoisotopic (exact) mass is 282 g/mol. The van der Waals surface area contributed by atoms with Gasteiger partial charge in [0.2, 0.25) is 0 Å². The van der Waals surface area contributed by atoms with Crippen LogP contribution in [0.3, 0.4) is 0 Å². The first kappa shape index (κ1) is 14.3. The smallest absolute Gasteiger partial charge is 0.364 e. The Kier molecular flexibility index (Phi) is 4.94. The maximum atomic E-state index is 12.1. The van der Waals surface area contributed by atoms with Crippen molar-refractivity contribution in [2.24, 2.45) is 5.92 Å². The quantitative estimate of drug-likeness (QED) is 0.685. The fourth-order valence-electron chi connectivity index (χ4n) is 4.43. The number of esters is 1. The Bertz CT molecular complexity index is 326. The highest BCUT2D eigenvalue weighted by Crippen LogP contribution is 2.20. The maximum Gasteiger partial charge on any atom is 0.364 e. The summed E-state index contributed by atoms with van der Waals surface area (Å²) in [6.07, 6.45) is 10.1. The Morgan fingerprint density at radius 2 is 1.90 bits per heavy atom. The predicted octanol–water partition coefficient (Wildman–Crippen LogP) is -0.507. The van der Waals surface area contributed by atoms with Crippen LogP contribution in [0.4, 0.5) is 0 Å². The highest BCUT2D eigenvalue weighted by atomic mass is 16.5. The minimum absolute atomic E-state index is 0.0487. The Balaban J connectivity index is 1.48. The van der Waals surface area contributed by atoms with Crippen molar-refractivity contribution in [3.8, 4) is 0 Å². The average Bonchev–Trinajstić information content (AvgIpc) is 2.53. The largest absolute Gasteiger partial charge is 0.461 e. The molecule has 0 aromatic rings. The molecule has 1 unspecified atom stereocenters. The molecule has 3 aliphatic heterocycles. The predicted molar refractivity (Wildman–Crippen MR) is 76.5 cm³/mol. The van der Waals surface area contributed by atoms with Gasteiger partial charge >= 0.3 is 5.97 Å². The topological polar surface area (TPSA) is 47.4 Å². The van der Waals surface area contributed by atoms with Gasteiger partial charge in [-0.2, -0.15) is 0 Å². The Hall–Kier alpha value is -0.610. The molecule has 0 bridgehead atoms. The number of fused-ring (bicyclic) bond motifs is 1. The highest BCUT2D eigenvalue weighted by molar-refractivity contribution is 5.74. The lowest BCUT2D eigenvalue weighted by Crippen LogP contribution is -3.18. The summed E-state index contributed by atoms with van der Waals surface area (Å²) in [6, 6.07) is 0.850. The van der Waals surface area contributed by atoms with Crippen LogP contribution in [0.2, 0.25) is 0 Å². The molecule has 0 saturated carbocycles. The molecule has 3 N–H and O–H groups in total. The van der Waals surface area contributed by atoms with Gasteiger partial charge in [0.15, 0.2) is 6.04 Å². The van der Waals surface area contributed by atoms with E-state index in [1.165, 1.54) is 58.0 Å². The number of carbonyl (C=O) groups is 1. The van der Waals surface area contributed by atoms with E-state index in [0.29, 0.717) is 12.5 Å².